The summed E-state index contributed by atoms with van der Waals surface area (Å²) in [5.41, 5.74) is -1.43. The minimum Gasteiger partial charge on any atom is -0.494 e. The van der Waals surface area contributed by atoms with Gasteiger partial charge in [0.2, 0.25) is 5.41 Å². The van der Waals surface area contributed by atoms with Gasteiger partial charge >= 0.3 is 5.97 Å². The second kappa shape index (κ2) is 8.67. The minimum atomic E-state index is -1.43. The number of rotatable bonds is 7. The smallest absolute Gasteiger partial charge is 0.336 e. The van der Waals surface area contributed by atoms with Gasteiger partial charge in [0.25, 0.3) is 0 Å². The molecule has 24 heavy (non-hydrogen) atoms. The fourth-order valence-corrected chi connectivity index (χ4v) is 2.30. The SMILES string of the molecule is CCCCC1OCC(C#N)(C(=O)Oc2ccc(OCC)cc2)CO1. The molecule has 0 radical (unpaired) electrons. The molecule has 0 saturated carbocycles. The van der Waals surface area contributed by atoms with Crippen LogP contribution in [0.2, 0.25) is 0 Å². The maximum atomic E-state index is 12.4. The minimum absolute atomic E-state index is 0.0201. The molecule has 1 fully saturated rings. The molecule has 0 aromatic heterocycles. The Morgan fingerprint density at radius 3 is 2.42 bits per heavy atom. The molecule has 130 valence electrons. The zero-order chi connectivity index (χ0) is 17.4. The normalized spacial score (nSPS) is 23.3. The van der Waals surface area contributed by atoms with Crippen molar-refractivity contribution in [3.63, 3.8) is 0 Å². The first-order chi connectivity index (χ1) is 11.6. The van der Waals surface area contributed by atoms with Gasteiger partial charge in [0.1, 0.15) is 11.5 Å². The van der Waals surface area contributed by atoms with E-state index in [9.17, 15) is 10.1 Å². The predicted molar refractivity (Wildman–Crippen MR) is 86.5 cm³/mol. The third-order valence-electron chi connectivity index (χ3n) is 3.77. The van der Waals surface area contributed by atoms with Gasteiger partial charge in [0.15, 0.2) is 6.29 Å². The third kappa shape index (κ3) is 4.47. The molecule has 1 saturated heterocycles. The average Bonchev–Trinajstić information content (AvgIpc) is 2.62. The lowest BCUT2D eigenvalue weighted by Crippen LogP contribution is -2.48. The van der Waals surface area contributed by atoms with Crippen LogP contribution in [0.4, 0.5) is 0 Å². The van der Waals surface area contributed by atoms with E-state index in [0.717, 1.165) is 19.3 Å². The van der Waals surface area contributed by atoms with Crippen LogP contribution in [0, 0.1) is 16.7 Å². The number of hydrogen-bond donors (Lipinski definition) is 0. The summed E-state index contributed by atoms with van der Waals surface area (Å²) in [7, 11) is 0. The molecule has 1 aliphatic rings. The number of nitriles is 1. The number of esters is 1. The van der Waals surface area contributed by atoms with Gasteiger partial charge in [-0.2, -0.15) is 5.26 Å². The summed E-state index contributed by atoms with van der Waals surface area (Å²) >= 11 is 0. The van der Waals surface area contributed by atoms with Crippen molar-refractivity contribution < 1.29 is 23.7 Å². The fraction of sp³-hybridized carbons (Fsp3) is 0.556. The van der Waals surface area contributed by atoms with Gasteiger partial charge in [0.05, 0.1) is 25.9 Å². The molecule has 0 unspecified atom stereocenters. The number of benzene rings is 1. The third-order valence-corrected chi connectivity index (χ3v) is 3.77. The molecule has 0 N–H and O–H groups in total. The molecule has 6 heteroatoms. The summed E-state index contributed by atoms with van der Waals surface area (Å²) in [4.78, 5) is 12.4. The van der Waals surface area contributed by atoms with Crippen molar-refractivity contribution in [2.45, 2.75) is 39.4 Å². The summed E-state index contributed by atoms with van der Waals surface area (Å²) in [6.45, 7) is 4.49. The Morgan fingerprint density at radius 2 is 1.88 bits per heavy atom. The van der Waals surface area contributed by atoms with Crippen molar-refractivity contribution in [3.05, 3.63) is 24.3 Å². The monoisotopic (exact) mass is 333 g/mol. The number of nitrogens with zero attached hydrogens (tertiary/aromatic N) is 1. The average molecular weight is 333 g/mol. The largest absolute Gasteiger partial charge is 0.494 e. The van der Waals surface area contributed by atoms with Crippen LogP contribution in [0.25, 0.3) is 0 Å². The molecule has 0 aliphatic carbocycles. The first-order valence-corrected chi connectivity index (χ1v) is 8.23. The van der Waals surface area contributed by atoms with Crippen molar-refractivity contribution in [1.82, 2.24) is 0 Å². The van der Waals surface area contributed by atoms with Crippen LogP contribution < -0.4 is 9.47 Å². The maximum Gasteiger partial charge on any atom is 0.336 e. The van der Waals surface area contributed by atoms with Crippen molar-refractivity contribution in [1.29, 1.82) is 5.26 Å². The summed E-state index contributed by atoms with van der Waals surface area (Å²) in [6, 6.07) is 8.67. The lowest BCUT2D eigenvalue weighted by molar-refractivity contribution is -0.223. The van der Waals surface area contributed by atoms with Crippen LogP contribution >= 0.6 is 0 Å². The molecular weight excluding hydrogens is 310 g/mol. The van der Waals surface area contributed by atoms with E-state index in [1.165, 1.54) is 0 Å². The lowest BCUT2D eigenvalue weighted by Gasteiger charge is -2.33. The topological polar surface area (TPSA) is 77.8 Å². The molecule has 1 aliphatic heterocycles. The molecule has 6 nitrogen and oxygen atoms in total. The van der Waals surface area contributed by atoms with Gasteiger partial charge in [-0.1, -0.05) is 13.3 Å². The Morgan fingerprint density at radius 1 is 1.25 bits per heavy atom. The highest BCUT2D eigenvalue weighted by Gasteiger charge is 2.46. The molecule has 0 bridgehead atoms. The van der Waals surface area contributed by atoms with Crippen LogP contribution in [-0.2, 0) is 14.3 Å². The zero-order valence-corrected chi connectivity index (χ0v) is 14.1. The molecule has 1 heterocycles. The molecular formula is C18H23NO5. The highest BCUT2D eigenvalue weighted by molar-refractivity contribution is 5.82. The Balaban J connectivity index is 1.95. The van der Waals surface area contributed by atoms with Gasteiger partial charge in [0, 0.05) is 0 Å². The van der Waals surface area contributed by atoms with Gasteiger partial charge in [-0.05, 0) is 44.0 Å². The second-order valence-corrected chi connectivity index (χ2v) is 5.68. The van der Waals surface area contributed by atoms with E-state index in [1.54, 1.807) is 24.3 Å². The van der Waals surface area contributed by atoms with E-state index in [-0.39, 0.29) is 19.5 Å². The summed E-state index contributed by atoms with van der Waals surface area (Å²) in [6.07, 6.45) is 2.41. The second-order valence-electron chi connectivity index (χ2n) is 5.68. The highest BCUT2D eigenvalue weighted by atomic mass is 16.7. The maximum absolute atomic E-state index is 12.4. The van der Waals surface area contributed by atoms with Crippen LogP contribution in [0.5, 0.6) is 11.5 Å². The van der Waals surface area contributed by atoms with Crippen molar-refractivity contribution in [3.8, 4) is 17.6 Å². The Kier molecular flexibility index (Phi) is 6.59. The zero-order valence-electron chi connectivity index (χ0n) is 14.1. The number of carbonyl (C=O) groups excluding carboxylic acids is 1. The van der Waals surface area contributed by atoms with E-state index < -0.39 is 11.4 Å². The molecule has 0 amide bonds. The number of unbranched alkanes of at least 4 members (excludes halogenated alkanes) is 1. The fourth-order valence-electron chi connectivity index (χ4n) is 2.30. The highest BCUT2D eigenvalue weighted by Crippen LogP contribution is 2.29. The van der Waals surface area contributed by atoms with Crippen molar-refractivity contribution in [2.24, 2.45) is 5.41 Å². The quantitative estimate of drug-likeness (QED) is 0.564. The van der Waals surface area contributed by atoms with Crippen molar-refractivity contribution in [2.75, 3.05) is 19.8 Å². The van der Waals surface area contributed by atoms with Crippen molar-refractivity contribution >= 4 is 5.97 Å². The van der Waals surface area contributed by atoms with Crippen LogP contribution in [0.3, 0.4) is 0 Å². The standard InChI is InChI=1S/C18H23NO5/c1-3-5-6-16-22-12-18(11-19,13-23-16)17(20)24-15-9-7-14(8-10-15)21-4-2/h7-10,16H,3-6,12-13H2,1-2H3. The summed E-state index contributed by atoms with van der Waals surface area (Å²) in [5.74, 6) is 0.379. The van der Waals surface area contributed by atoms with Gasteiger partial charge < -0.3 is 18.9 Å². The number of hydrogen-bond acceptors (Lipinski definition) is 6. The first-order valence-electron chi connectivity index (χ1n) is 8.23. The van der Waals surface area contributed by atoms with Crippen LogP contribution in [-0.4, -0.2) is 32.1 Å². The predicted octanol–water partition coefficient (Wildman–Crippen LogP) is 3.06. The Labute approximate surface area is 142 Å². The summed E-state index contributed by atoms with van der Waals surface area (Å²) in [5, 5.41) is 9.44. The van der Waals surface area contributed by atoms with Gasteiger partial charge in [-0.15, -0.1) is 0 Å². The molecule has 1 aromatic carbocycles. The van der Waals surface area contributed by atoms with Gasteiger partial charge in [-0.25, -0.2) is 4.79 Å². The van der Waals surface area contributed by atoms with E-state index in [1.807, 2.05) is 13.0 Å². The molecule has 0 spiro atoms. The number of carbonyl (C=O) groups is 1. The Hall–Kier alpha value is -2.10. The first kappa shape index (κ1) is 18.2. The lowest BCUT2D eigenvalue weighted by atomic mass is 9.91. The molecule has 0 atom stereocenters. The Bertz CT molecular complexity index is 570. The van der Waals surface area contributed by atoms with E-state index in [4.69, 9.17) is 18.9 Å². The molecule has 1 aromatic rings. The van der Waals surface area contributed by atoms with Crippen LogP contribution in [0.1, 0.15) is 33.1 Å². The van der Waals surface area contributed by atoms with Crippen LogP contribution in [0.15, 0.2) is 24.3 Å². The number of ether oxygens (including phenoxy) is 4. The molecule has 2 rings (SSSR count). The van der Waals surface area contributed by atoms with Gasteiger partial charge in [-0.3, -0.25) is 0 Å². The van der Waals surface area contributed by atoms with E-state index in [0.29, 0.717) is 18.1 Å². The van der Waals surface area contributed by atoms with E-state index >= 15 is 0 Å². The summed E-state index contributed by atoms with van der Waals surface area (Å²) < 4.78 is 21.7. The van der Waals surface area contributed by atoms with E-state index in [2.05, 4.69) is 6.92 Å².